The van der Waals surface area contributed by atoms with Crippen molar-refractivity contribution in [3.05, 3.63) is 11.8 Å². The number of hydrogen-bond donors (Lipinski definition) is 2. The first-order valence-corrected chi connectivity index (χ1v) is 3.43. The number of carbonyl (C=O) groups excluding carboxylic acids is 1. The van der Waals surface area contributed by atoms with Crippen LogP contribution in [-0.4, -0.2) is 28.9 Å². The van der Waals surface area contributed by atoms with Gasteiger partial charge >= 0.3 is 6.18 Å². The number of nitrogens with two attached hydrogens (primary N) is 1. The van der Waals surface area contributed by atoms with E-state index in [1.165, 1.54) is 0 Å². The van der Waals surface area contributed by atoms with Gasteiger partial charge in [-0.2, -0.15) is 18.3 Å². The third-order valence-electron chi connectivity index (χ3n) is 1.20. The van der Waals surface area contributed by atoms with E-state index in [0.717, 1.165) is 6.07 Å². The molecule has 3 N–H and O–H groups in total. The van der Waals surface area contributed by atoms with Crippen LogP contribution in [0.15, 0.2) is 6.07 Å². The number of amides is 1. The van der Waals surface area contributed by atoms with Crippen LogP contribution in [0.3, 0.4) is 0 Å². The molecule has 0 aliphatic heterocycles. The average Bonchev–Trinajstić information content (AvgIpc) is 2.47. The van der Waals surface area contributed by atoms with Crippen LogP contribution in [0.4, 0.5) is 13.2 Å². The van der Waals surface area contributed by atoms with Crippen molar-refractivity contribution in [2.75, 3.05) is 6.61 Å². The number of aromatic nitrogens is 2. The Morgan fingerprint density at radius 1 is 1.64 bits per heavy atom. The summed E-state index contributed by atoms with van der Waals surface area (Å²) < 4.78 is 39.2. The Kier molecular flexibility index (Phi) is 2.63. The largest absolute Gasteiger partial charge is 0.468 e. The highest BCUT2D eigenvalue weighted by Gasteiger charge is 2.28. The molecule has 0 saturated carbocycles. The van der Waals surface area contributed by atoms with Gasteiger partial charge in [-0.15, -0.1) is 0 Å². The molecule has 0 unspecified atom stereocenters. The van der Waals surface area contributed by atoms with Crippen molar-refractivity contribution < 1.29 is 22.7 Å². The van der Waals surface area contributed by atoms with Gasteiger partial charge in [0.05, 0.1) is 0 Å². The molecule has 1 amide bonds. The quantitative estimate of drug-likeness (QED) is 0.758. The van der Waals surface area contributed by atoms with Crippen LogP contribution in [0, 0.1) is 0 Å². The highest BCUT2D eigenvalue weighted by Crippen LogP contribution is 2.17. The molecule has 0 saturated heterocycles. The topological polar surface area (TPSA) is 81.0 Å². The number of alkyl halides is 3. The van der Waals surface area contributed by atoms with Crippen molar-refractivity contribution in [3.8, 4) is 5.88 Å². The fourth-order valence-electron chi connectivity index (χ4n) is 0.664. The molecule has 1 aromatic rings. The number of nitrogens with zero attached hydrogens (tertiary/aromatic N) is 1. The molecule has 1 heterocycles. The third-order valence-corrected chi connectivity index (χ3v) is 1.20. The first kappa shape index (κ1) is 10.4. The molecule has 0 radical (unpaired) electrons. The van der Waals surface area contributed by atoms with Gasteiger partial charge in [0.15, 0.2) is 12.3 Å². The van der Waals surface area contributed by atoms with Crippen molar-refractivity contribution in [1.29, 1.82) is 0 Å². The van der Waals surface area contributed by atoms with Crippen molar-refractivity contribution in [1.82, 2.24) is 10.2 Å². The zero-order valence-corrected chi connectivity index (χ0v) is 6.76. The molecule has 8 heteroatoms. The van der Waals surface area contributed by atoms with Crippen LogP contribution in [0.25, 0.3) is 0 Å². The Labute approximate surface area is 76.0 Å². The highest BCUT2D eigenvalue weighted by atomic mass is 19.4. The lowest BCUT2D eigenvalue weighted by Gasteiger charge is -2.05. The van der Waals surface area contributed by atoms with Gasteiger partial charge in [0.2, 0.25) is 5.88 Å². The Bertz CT molecular complexity index is 333. The zero-order valence-electron chi connectivity index (χ0n) is 6.76. The summed E-state index contributed by atoms with van der Waals surface area (Å²) in [5.74, 6) is -1.10. The lowest BCUT2D eigenvalue weighted by Crippen LogP contribution is -2.19. The Balaban J connectivity index is 2.56. The summed E-state index contributed by atoms with van der Waals surface area (Å²) in [6.07, 6.45) is -4.43. The number of primary amides is 1. The van der Waals surface area contributed by atoms with E-state index in [1.54, 1.807) is 0 Å². The van der Waals surface area contributed by atoms with Crippen molar-refractivity contribution >= 4 is 5.91 Å². The minimum Gasteiger partial charge on any atom is -0.468 e. The second kappa shape index (κ2) is 3.56. The molecule has 5 nitrogen and oxygen atoms in total. The van der Waals surface area contributed by atoms with E-state index in [0.29, 0.717) is 0 Å². The number of carbonyl (C=O) groups is 1. The highest BCUT2D eigenvalue weighted by molar-refractivity contribution is 5.90. The summed E-state index contributed by atoms with van der Waals surface area (Å²) in [6.45, 7) is -1.45. The zero-order chi connectivity index (χ0) is 10.8. The Morgan fingerprint density at radius 2 is 2.29 bits per heavy atom. The van der Waals surface area contributed by atoms with Gasteiger partial charge in [-0.25, -0.2) is 5.10 Å². The molecule has 0 bridgehead atoms. The van der Waals surface area contributed by atoms with Gasteiger partial charge in [-0.3, -0.25) is 4.79 Å². The number of nitrogens with one attached hydrogen (secondary N) is 1. The molecular weight excluding hydrogens is 203 g/mol. The molecule has 0 fully saturated rings. The fraction of sp³-hybridized carbons (Fsp3) is 0.333. The summed E-state index contributed by atoms with van der Waals surface area (Å²) in [7, 11) is 0. The van der Waals surface area contributed by atoms with Crippen LogP contribution in [0.2, 0.25) is 0 Å². The number of aromatic amines is 1. The van der Waals surface area contributed by atoms with E-state index >= 15 is 0 Å². The summed E-state index contributed by atoms with van der Waals surface area (Å²) in [4.78, 5) is 10.5. The van der Waals surface area contributed by atoms with Crippen molar-refractivity contribution in [2.45, 2.75) is 6.18 Å². The standard InChI is InChI=1S/C6H6F3N3O2/c7-6(8,9)2-14-4-1-3(5(10)13)11-12-4/h1H,2H2,(H2,10,13)(H,11,12). The SMILES string of the molecule is NC(=O)c1cc(OCC(F)(F)F)[nH]n1. The van der Waals surface area contributed by atoms with Crippen LogP contribution in [0.1, 0.15) is 10.5 Å². The molecule has 14 heavy (non-hydrogen) atoms. The maximum atomic E-state index is 11.7. The number of halogens is 3. The van der Waals surface area contributed by atoms with Crippen LogP contribution < -0.4 is 10.5 Å². The summed E-state index contributed by atoms with van der Waals surface area (Å²) in [5, 5.41) is 5.41. The third kappa shape index (κ3) is 2.96. The van der Waals surface area contributed by atoms with Crippen molar-refractivity contribution in [2.24, 2.45) is 5.73 Å². The van der Waals surface area contributed by atoms with E-state index in [9.17, 15) is 18.0 Å². The summed E-state index contributed by atoms with van der Waals surface area (Å²) in [5.41, 5.74) is 4.63. The first-order chi connectivity index (χ1) is 6.38. The average molecular weight is 209 g/mol. The Morgan fingerprint density at radius 3 is 2.71 bits per heavy atom. The monoisotopic (exact) mass is 209 g/mol. The van der Waals surface area contributed by atoms with E-state index in [-0.39, 0.29) is 11.6 Å². The first-order valence-electron chi connectivity index (χ1n) is 3.43. The van der Waals surface area contributed by atoms with Gasteiger partial charge in [0.25, 0.3) is 5.91 Å². The molecule has 0 atom stereocenters. The molecule has 78 valence electrons. The normalized spacial score (nSPS) is 11.4. The second-order valence-electron chi connectivity index (χ2n) is 2.39. The minimum atomic E-state index is -4.43. The predicted octanol–water partition coefficient (Wildman–Crippen LogP) is 0.450. The molecule has 1 rings (SSSR count). The molecular formula is C6H6F3N3O2. The van der Waals surface area contributed by atoms with Gasteiger partial charge in [0, 0.05) is 6.07 Å². The van der Waals surface area contributed by atoms with Crippen LogP contribution in [0.5, 0.6) is 5.88 Å². The summed E-state index contributed by atoms with van der Waals surface area (Å²) in [6, 6.07) is 0.994. The molecule has 1 aromatic heterocycles. The van der Waals surface area contributed by atoms with Crippen molar-refractivity contribution in [3.63, 3.8) is 0 Å². The van der Waals surface area contributed by atoms with E-state index < -0.39 is 18.7 Å². The van der Waals surface area contributed by atoms with E-state index in [1.807, 2.05) is 0 Å². The lowest BCUT2D eigenvalue weighted by molar-refractivity contribution is -0.154. The smallest absolute Gasteiger partial charge is 0.422 e. The molecule has 0 spiro atoms. The number of hydrogen-bond acceptors (Lipinski definition) is 3. The predicted molar refractivity (Wildman–Crippen MR) is 38.7 cm³/mol. The lowest BCUT2D eigenvalue weighted by atomic mass is 10.4. The summed E-state index contributed by atoms with van der Waals surface area (Å²) >= 11 is 0. The van der Waals surface area contributed by atoms with E-state index in [4.69, 9.17) is 5.73 Å². The maximum absolute atomic E-state index is 11.7. The molecule has 0 aromatic carbocycles. The van der Waals surface area contributed by atoms with Gasteiger partial charge in [-0.1, -0.05) is 0 Å². The number of H-pyrrole nitrogens is 1. The van der Waals surface area contributed by atoms with Gasteiger partial charge in [0.1, 0.15) is 0 Å². The van der Waals surface area contributed by atoms with Crippen LogP contribution in [-0.2, 0) is 0 Å². The van der Waals surface area contributed by atoms with Gasteiger partial charge < -0.3 is 10.5 Å². The van der Waals surface area contributed by atoms with Gasteiger partial charge in [-0.05, 0) is 0 Å². The number of ether oxygens (including phenoxy) is 1. The van der Waals surface area contributed by atoms with Crippen LogP contribution >= 0.6 is 0 Å². The molecule has 0 aliphatic rings. The second-order valence-corrected chi connectivity index (χ2v) is 2.39. The number of rotatable bonds is 3. The Hall–Kier alpha value is -1.73. The van der Waals surface area contributed by atoms with E-state index in [2.05, 4.69) is 14.9 Å². The fourth-order valence-corrected chi connectivity index (χ4v) is 0.664. The molecule has 0 aliphatic carbocycles. The minimum absolute atomic E-state index is 0.179. The maximum Gasteiger partial charge on any atom is 0.422 e.